The molecule has 0 aliphatic carbocycles. The zero-order valence-corrected chi connectivity index (χ0v) is 18.6. The van der Waals surface area contributed by atoms with E-state index < -0.39 is 0 Å². The topological polar surface area (TPSA) is 133 Å². The Morgan fingerprint density at radius 2 is 1.86 bits per heavy atom. The largest absolute Gasteiger partial charge is 0.324 e. The van der Waals surface area contributed by atoms with E-state index in [4.69, 9.17) is 5.26 Å². The summed E-state index contributed by atoms with van der Waals surface area (Å²) in [6.07, 6.45) is 1.27. The molecule has 0 spiro atoms. The fraction of sp³-hybridized carbons (Fsp3) is 0.250. The number of hydrogen-bond donors (Lipinski definition) is 2. The Morgan fingerprint density at radius 1 is 1.14 bits per heavy atom. The molecule has 0 radical (unpaired) electrons. The predicted molar refractivity (Wildman–Crippen MR) is 125 cm³/mol. The molecule has 2 amide bonds. The summed E-state index contributed by atoms with van der Waals surface area (Å²) in [6.45, 7) is 1.31. The molecule has 4 aromatic rings. The number of urea groups is 1. The fourth-order valence-corrected chi connectivity index (χ4v) is 4.13. The van der Waals surface area contributed by atoms with Gasteiger partial charge in [0.05, 0.1) is 18.2 Å². The lowest BCUT2D eigenvalue weighted by Crippen LogP contribution is -2.41. The van der Waals surface area contributed by atoms with Gasteiger partial charge in [-0.2, -0.15) is 5.26 Å². The second kappa shape index (κ2) is 9.34. The van der Waals surface area contributed by atoms with Crippen LogP contribution in [0.15, 0.2) is 53.3 Å². The molecule has 0 atom stereocenters. The predicted octanol–water partition coefficient (Wildman–Crippen LogP) is 2.99. The van der Waals surface area contributed by atoms with Gasteiger partial charge in [0.1, 0.15) is 11.6 Å². The van der Waals surface area contributed by atoms with Crippen molar-refractivity contribution in [2.24, 2.45) is 0 Å². The van der Waals surface area contributed by atoms with Crippen molar-refractivity contribution in [3.8, 4) is 6.07 Å². The van der Waals surface area contributed by atoms with Gasteiger partial charge < -0.3 is 15.2 Å². The number of likely N-dealkylation sites (tertiary alicyclic amines) is 1. The number of halogens is 1. The fourth-order valence-electron chi connectivity index (χ4n) is 4.13. The Kier molecular flexibility index (Phi) is 5.93. The quantitative estimate of drug-likeness (QED) is 0.469. The number of nitrogens with zero attached hydrogens (tertiary/aromatic N) is 6. The SMILES string of the molecule is N#Cc1ccc(NC(=O)N2CCC(c3nc4c(nnn4Cc4ccc(F)cc4)c(=O)[nH]3)CC2)cc1. The smallest absolute Gasteiger partial charge is 0.321 e. The third kappa shape index (κ3) is 4.72. The molecular formula is C24H21FN8O2. The van der Waals surface area contributed by atoms with Crippen LogP contribution in [0.5, 0.6) is 0 Å². The summed E-state index contributed by atoms with van der Waals surface area (Å²) < 4.78 is 14.7. The van der Waals surface area contributed by atoms with Crippen LogP contribution in [0.4, 0.5) is 14.9 Å². The number of aromatic amines is 1. The van der Waals surface area contributed by atoms with Crippen LogP contribution in [0.1, 0.15) is 35.7 Å². The molecule has 1 saturated heterocycles. The lowest BCUT2D eigenvalue weighted by molar-refractivity contribution is 0.193. The number of anilines is 1. The van der Waals surface area contributed by atoms with Gasteiger partial charge in [-0.15, -0.1) is 5.10 Å². The van der Waals surface area contributed by atoms with Crippen LogP contribution in [-0.4, -0.2) is 49.0 Å². The summed E-state index contributed by atoms with van der Waals surface area (Å²) in [5.41, 5.74) is 2.11. The number of carbonyl (C=O) groups is 1. The van der Waals surface area contributed by atoms with E-state index in [1.165, 1.54) is 16.8 Å². The maximum Gasteiger partial charge on any atom is 0.321 e. The number of H-pyrrole nitrogens is 1. The molecule has 0 saturated carbocycles. The maximum absolute atomic E-state index is 13.2. The minimum absolute atomic E-state index is 0.0276. The average molecular weight is 472 g/mol. The van der Waals surface area contributed by atoms with Gasteiger partial charge in [-0.05, 0) is 54.8 Å². The minimum atomic E-state index is -0.364. The van der Waals surface area contributed by atoms with Gasteiger partial charge in [-0.3, -0.25) is 4.79 Å². The number of nitrogens with one attached hydrogen (secondary N) is 2. The van der Waals surface area contributed by atoms with E-state index in [9.17, 15) is 14.0 Å². The van der Waals surface area contributed by atoms with Crippen molar-refractivity contribution in [3.63, 3.8) is 0 Å². The molecule has 35 heavy (non-hydrogen) atoms. The highest BCUT2D eigenvalue weighted by Gasteiger charge is 2.26. The Bertz CT molecular complexity index is 1460. The highest BCUT2D eigenvalue weighted by Crippen LogP contribution is 2.26. The van der Waals surface area contributed by atoms with Crippen molar-refractivity contribution in [2.45, 2.75) is 25.3 Å². The molecule has 2 aromatic heterocycles. The van der Waals surface area contributed by atoms with E-state index >= 15 is 0 Å². The lowest BCUT2D eigenvalue weighted by Gasteiger charge is -2.31. The molecule has 0 bridgehead atoms. The molecule has 176 valence electrons. The van der Waals surface area contributed by atoms with E-state index in [1.807, 2.05) is 6.07 Å². The van der Waals surface area contributed by atoms with Crippen LogP contribution in [0, 0.1) is 17.1 Å². The number of aromatic nitrogens is 5. The third-order valence-corrected chi connectivity index (χ3v) is 6.07. The number of carbonyl (C=O) groups excluding carboxylic acids is 1. The maximum atomic E-state index is 13.2. The third-order valence-electron chi connectivity index (χ3n) is 6.07. The second-order valence-electron chi connectivity index (χ2n) is 8.38. The number of nitriles is 1. The highest BCUT2D eigenvalue weighted by atomic mass is 19.1. The monoisotopic (exact) mass is 472 g/mol. The summed E-state index contributed by atoms with van der Waals surface area (Å²) in [5, 5.41) is 19.8. The molecule has 3 heterocycles. The van der Waals surface area contributed by atoms with Crippen molar-refractivity contribution in [2.75, 3.05) is 18.4 Å². The lowest BCUT2D eigenvalue weighted by atomic mass is 9.96. The van der Waals surface area contributed by atoms with Crippen LogP contribution < -0.4 is 10.9 Å². The van der Waals surface area contributed by atoms with E-state index in [1.54, 1.807) is 41.3 Å². The zero-order chi connectivity index (χ0) is 24.4. The van der Waals surface area contributed by atoms with Crippen LogP contribution in [0.2, 0.25) is 0 Å². The summed E-state index contributed by atoms with van der Waals surface area (Å²) >= 11 is 0. The molecule has 0 unspecified atom stereocenters. The molecule has 2 N–H and O–H groups in total. The standard InChI is InChI=1S/C24H21FN8O2/c25-18-5-1-16(2-6-18)14-33-22-20(30-31-33)23(34)29-21(28-22)17-9-11-32(12-10-17)24(35)27-19-7-3-15(13-26)4-8-19/h1-8,17H,9-12,14H2,(H,27,35)(H,28,29,34). The number of amides is 2. The first-order chi connectivity index (χ1) is 17.0. The Labute approximate surface area is 199 Å². The molecule has 1 aliphatic heterocycles. The Balaban J connectivity index is 1.27. The molecular weight excluding hydrogens is 451 g/mol. The van der Waals surface area contributed by atoms with Crippen molar-refractivity contribution >= 4 is 22.9 Å². The zero-order valence-electron chi connectivity index (χ0n) is 18.6. The van der Waals surface area contributed by atoms with Gasteiger partial charge in [0.15, 0.2) is 11.2 Å². The molecule has 1 fully saturated rings. The van der Waals surface area contributed by atoms with E-state index in [0.717, 1.165) is 5.56 Å². The molecule has 10 nitrogen and oxygen atoms in total. The van der Waals surface area contributed by atoms with E-state index in [0.29, 0.717) is 55.2 Å². The van der Waals surface area contributed by atoms with Gasteiger partial charge in [-0.1, -0.05) is 17.3 Å². The van der Waals surface area contributed by atoms with Crippen LogP contribution in [-0.2, 0) is 6.54 Å². The molecule has 11 heteroatoms. The van der Waals surface area contributed by atoms with Gasteiger partial charge in [-0.25, -0.2) is 18.9 Å². The van der Waals surface area contributed by atoms with E-state index in [-0.39, 0.29) is 28.8 Å². The first-order valence-electron chi connectivity index (χ1n) is 11.1. The number of rotatable bonds is 4. The van der Waals surface area contributed by atoms with Gasteiger partial charge in [0.2, 0.25) is 0 Å². The first kappa shape index (κ1) is 22.2. The van der Waals surface area contributed by atoms with Crippen molar-refractivity contribution in [1.82, 2.24) is 29.9 Å². The van der Waals surface area contributed by atoms with Crippen LogP contribution >= 0.6 is 0 Å². The first-order valence-corrected chi connectivity index (χ1v) is 11.1. The van der Waals surface area contributed by atoms with Crippen molar-refractivity contribution in [3.05, 3.63) is 81.7 Å². The van der Waals surface area contributed by atoms with Gasteiger partial charge >= 0.3 is 6.03 Å². The number of fused-ring (bicyclic) bond motifs is 1. The minimum Gasteiger partial charge on any atom is -0.324 e. The molecule has 5 rings (SSSR count). The Hall–Kier alpha value is -4.59. The summed E-state index contributed by atoms with van der Waals surface area (Å²) in [7, 11) is 0. The van der Waals surface area contributed by atoms with E-state index in [2.05, 4.69) is 25.6 Å². The second-order valence-corrected chi connectivity index (χ2v) is 8.38. The van der Waals surface area contributed by atoms with Crippen molar-refractivity contribution in [1.29, 1.82) is 5.26 Å². The van der Waals surface area contributed by atoms with Gasteiger partial charge in [0, 0.05) is 24.7 Å². The molecule has 1 aliphatic rings. The van der Waals surface area contributed by atoms with Crippen LogP contribution in [0.3, 0.4) is 0 Å². The summed E-state index contributed by atoms with van der Waals surface area (Å²) in [5.74, 6) is 0.184. The average Bonchev–Trinajstić information content (AvgIpc) is 3.29. The Morgan fingerprint density at radius 3 is 2.54 bits per heavy atom. The van der Waals surface area contributed by atoms with Crippen LogP contribution in [0.25, 0.3) is 11.2 Å². The number of hydrogen-bond acceptors (Lipinski definition) is 6. The highest BCUT2D eigenvalue weighted by molar-refractivity contribution is 5.89. The van der Waals surface area contributed by atoms with Gasteiger partial charge in [0.25, 0.3) is 5.56 Å². The van der Waals surface area contributed by atoms with Crippen molar-refractivity contribution < 1.29 is 9.18 Å². The normalized spacial score (nSPS) is 14.1. The molecule has 2 aromatic carbocycles. The number of benzene rings is 2. The summed E-state index contributed by atoms with van der Waals surface area (Å²) in [6, 6.07) is 14.5. The number of piperidine rings is 1. The summed E-state index contributed by atoms with van der Waals surface area (Å²) in [4.78, 5) is 34.4.